The lowest BCUT2D eigenvalue weighted by Crippen LogP contribution is -2.28. The number of hydrogen-bond acceptors (Lipinski definition) is 4. The predicted octanol–water partition coefficient (Wildman–Crippen LogP) is 2.47. The van der Waals surface area contributed by atoms with Gasteiger partial charge in [-0.3, -0.25) is 4.79 Å². The van der Waals surface area contributed by atoms with Crippen molar-refractivity contribution in [3.05, 3.63) is 16.1 Å². The normalized spacial score (nSPS) is 19.2. The molecule has 0 bridgehead atoms. The fourth-order valence-electron chi connectivity index (χ4n) is 2.08. The van der Waals surface area contributed by atoms with Crippen molar-refractivity contribution in [2.24, 2.45) is 5.92 Å². The monoisotopic (exact) mass is 325 g/mol. The zero-order valence-corrected chi connectivity index (χ0v) is 13.6. The molecule has 1 aliphatic heterocycles. The summed E-state index contributed by atoms with van der Waals surface area (Å²) in [6, 6.07) is 0.0237. The largest absolute Gasteiger partial charge is 0.347 e. The molecule has 4 nitrogen and oxygen atoms in total. The Bertz CT molecular complexity index is 394. The molecule has 19 heavy (non-hydrogen) atoms. The molecule has 110 valence electrons. The molecule has 1 saturated heterocycles. The predicted molar refractivity (Wildman–Crippen MR) is 83.5 cm³/mol. The molecule has 1 aliphatic rings. The first-order valence-electron chi connectivity index (χ1n) is 6.07. The van der Waals surface area contributed by atoms with Crippen molar-refractivity contribution in [2.75, 3.05) is 13.1 Å². The maximum atomic E-state index is 11.8. The van der Waals surface area contributed by atoms with Crippen LogP contribution in [0.25, 0.3) is 0 Å². The van der Waals surface area contributed by atoms with E-state index in [9.17, 15) is 4.79 Å². The van der Waals surface area contributed by atoms with Gasteiger partial charge in [0.25, 0.3) is 0 Å². The topological polar surface area (TPSA) is 54.0 Å². The van der Waals surface area contributed by atoms with Crippen LogP contribution in [-0.2, 0) is 4.79 Å². The summed E-state index contributed by atoms with van der Waals surface area (Å²) < 4.78 is 0. The van der Waals surface area contributed by atoms with Gasteiger partial charge in [-0.05, 0) is 39.3 Å². The molecule has 0 radical (unpaired) electrons. The number of nitrogens with zero attached hydrogens (tertiary/aromatic N) is 1. The van der Waals surface area contributed by atoms with Gasteiger partial charge in [-0.25, -0.2) is 4.98 Å². The SMILES string of the molecule is Cc1csc(C(C)NC(=O)CC2CCNC2)n1.Cl.Cl. The Morgan fingerprint density at radius 2 is 2.37 bits per heavy atom. The Morgan fingerprint density at radius 3 is 2.89 bits per heavy atom. The van der Waals surface area contributed by atoms with Crippen LogP contribution in [0.4, 0.5) is 0 Å². The Hall–Kier alpha value is -0.360. The van der Waals surface area contributed by atoms with Crippen molar-refractivity contribution in [3.8, 4) is 0 Å². The molecule has 0 aromatic carbocycles. The lowest BCUT2D eigenvalue weighted by atomic mass is 10.0. The molecule has 1 amide bonds. The van der Waals surface area contributed by atoms with Crippen LogP contribution in [-0.4, -0.2) is 24.0 Å². The maximum Gasteiger partial charge on any atom is 0.220 e. The van der Waals surface area contributed by atoms with Gasteiger partial charge in [-0.15, -0.1) is 36.2 Å². The highest BCUT2D eigenvalue weighted by Gasteiger charge is 2.19. The van der Waals surface area contributed by atoms with Gasteiger partial charge in [0.15, 0.2) is 0 Å². The summed E-state index contributed by atoms with van der Waals surface area (Å²) in [5, 5.41) is 9.29. The molecule has 0 spiro atoms. The number of thiazole rings is 1. The minimum Gasteiger partial charge on any atom is -0.347 e. The van der Waals surface area contributed by atoms with E-state index in [4.69, 9.17) is 0 Å². The Morgan fingerprint density at radius 1 is 1.63 bits per heavy atom. The van der Waals surface area contributed by atoms with Gasteiger partial charge in [0.2, 0.25) is 5.91 Å². The standard InChI is InChI=1S/C12H19N3OS.2ClH/c1-8-7-17-12(14-8)9(2)15-11(16)5-10-3-4-13-6-10;;/h7,9-10,13H,3-6H2,1-2H3,(H,15,16);2*1H. The van der Waals surface area contributed by atoms with Crippen molar-refractivity contribution >= 4 is 42.1 Å². The first-order chi connectivity index (χ1) is 8.15. The number of nitrogens with one attached hydrogen (secondary N) is 2. The van der Waals surface area contributed by atoms with Gasteiger partial charge in [-0.1, -0.05) is 0 Å². The van der Waals surface area contributed by atoms with Crippen LogP contribution in [0.15, 0.2) is 5.38 Å². The molecule has 1 aromatic rings. The summed E-state index contributed by atoms with van der Waals surface area (Å²) in [6.07, 6.45) is 1.74. The lowest BCUT2D eigenvalue weighted by molar-refractivity contribution is -0.122. The van der Waals surface area contributed by atoms with Crippen molar-refractivity contribution in [2.45, 2.75) is 32.7 Å². The molecule has 2 heterocycles. The lowest BCUT2D eigenvalue weighted by Gasteiger charge is -2.13. The molecular weight excluding hydrogens is 305 g/mol. The van der Waals surface area contributed by atoms with E-state index in [0.29, 0.717) is 12.3 Å². The van der Waals surface area contributed by atoms with Crippen LogP contribution in [0.1, 0.15) is 36.5 Å². The summed E-state index contributed by atoms with van der Waals surface area (Å²) in [5.41, 5.74) is 1.02. The van der Waals surface area contributed by atoms with Crippen LogP contribution < -0.4 is 10.6 Å². The van der Waals surface area contributed by atoms with Gasteiger partial charge in [0.1, 0.15) is 5.01 Å². The first kappa shape index (κ1) is 18.6. The maximum absolute atomic E-state index is 11.8. The summed E-state index contributed by atoms with van der Waals surface area (Å²) >= 11 is 1.60. The average molecular weight is 326 g/mol. The Kier molecular flexibility index (Phi) is 8.57. The van der Waals surface area contributed by atoms with Gasteiger partial charge >= 0.3 is 0 Å². The third kappa shape index (κ3) is 5.65. The zero-order valence-electron chi connectivity index (χ0n) is 11.1. The minimum absolute atomic E-state index is 0. The fourth-order valence-corrected chi connectivity index (χ4v) is 2.89. The van der Waals surface area contributed by atoms with Gasteiger partial charge in [-0.2, -0.15) is 0 Å². The molecule has 1 aromatic heterocycles. The Labute approximate surface area is 130 Å². The van der Waals surface area contributed by atoms with Crippen molar-refractivity contribution in [3.63, 3.8) is 0 Å². The number of aryl methyl sites for hydroxylation is 1. The number of carbonyl (C=O) groups excluding carboxylic acids is 1. The molecule has 2 unspecified atom stereocenters. The highest BCUT2D eigenvalue weighted by molar-refractivity contribution is 7.09. The first-order valence-corrected chi connectivity index (χ1v) is 6.95. The van der Waals surface area contributed by atoms with Crippen LogP contribution in [0.5, 0.6) is 0 Å². The van der Waals surface area contributed by atoms with E-state index in [2.05, 4.69) is 15.6 Å². The molecular formula is C12H21Cl2N3OS. The second-order valence-corrected chi connectivity index (χ2v) is 5.57. The summed E-state index contributed by atoms with van der Waals surface area (Å²) in [5.74, 6) is 0.638. The smallest absolute Gasteiger partial charge is 0.220 e. The molecule has 2 rings (SSSR count). The average Bonchev–Trinajstić information content (AvgIpc) is 2.89. The third-order valence-corrected chi connectivity index (χ3v) is 4.17. The van der Waals surface area contributed by atoms with E-state index in [-0.39, 0.29) is 36.8 Å². The van der Waals surface area contributed by atoms with Crippen LogP contribution >= 0.6 is 36.2 Å². The van der Waals surface area contributed by atoms with Gasteiger partial charge in [0.05, 0.1) is 6.04 Å². The molecule has 1 fully saturated rings. The second-order valence-electron chi connectivity index (χ2n) is 4.68. The highest BCUT2D eigenvalue weighted by Crippen LogP contribution is 2.18. The third-order valence-electron chi connectivity index (χ3n) is 3.02. The van der Waals surface area contributed by atoms with Gasteiger partial charge < -0.3 is 10.6 Å². The van der Waals surface area contributed by atoms with Crippen molar-refractivity contribution in [1.29, 1.82) is 0 Å². The number of aromatic nitrogens is 1. The van der Waals surface area contributed by atoms with Crippen molar-refractivity contribution < 1.29 is 4.79 Å². The number of amides is 1. The van der Waals surface area contributed by atoms with Crippen LogP contribution in [0, 0.1) is 12.8 Å². The second kappa shape index (κ2) is 8.74. The number of hydrogen-bond donors (Lipinski definition) is 2. The van der Waals surface area contributed by atoms with E-state index in [1.54, 1.807) is 11.3 Å². The molecule has 0 saturated carbocycles. The fraction of sp³-hybridized carbons (Fsp3) is 0.667. The molecule has 0 aliphatic carbocycles. The molecule has 7 heteroatoms. The molecule has 2 atom stereocenters. The quantitative estimate of drug-likeness (QED) is 0.894. The Balaban J connectivity index is 0.00000162. The highest BCUT2D eigenvalue weighted by atomic mass is 35.5. The van der Waals surface area contributed by atoms with E-state index in [0.717, 1.165) is 30.2 Å². The molecule has 2 N–H and O–H groups in total. The van der Waals surface area contributed by atoms with E-state index in [1.807, 2.05) is 19.2 Å². The van der Waals surface area contributed by atoms with E-state index in [1.165, 1.54) is 0 Å². The summed E-state index contributed by atoms with van der Waals surface area (Å²) in [6.45, 7) is 5.97. The zero-order chi connectivity index (χ0) is 12.3. The van der Waals surface area contributed by atoms with Crippen molar-refractivity contribution in [1.82, 2.24) is 15.6 Å². The number of rotatable bonds is 4. The van der Waals surface area contributed by atoms with E-state index >= 15 is 0 Å². The summed E-state index contributed by atoms with van der Waals surface area (Å²) in [7, 11) is 0. The number of halogens is 2. The van der Waals surface area contributed by atoms with Crippen LogP contribution in [0.3, 0.4) is 0 Å². The number of carbonyl (C=O) groups is 1. The van der Waals surface area contributed by atoms with E-state index < -0.39 is 0 Å². The minimum atomic E-state index is 0. The van der Waals surface area contributed by atoms with Crippen LogP contribution in [0.2, 0.25) is 0 Å². The summed E-state index contributed by atoms with van der Waals surface area (Å²) in [4.78, 5) is 16.2. The van der Waals surface area contributed by atoms with Gasteiger partial charge in [0, 0.05) is 17.5 Å².